The Balaban J connectivity index is 1.02. The zero-order chi connectivity index (χ0) is 29.5. The number of pyridine rings is 1. The maximum Gasteiger partial charge on any atom is 0.335 e. The van der Waals surface area contributed by atoms with Crippen LogP contribution in [0.4, 0.5) is 4.39 Å². The van der Waals surface area contributed by atoms with E-state index in [1.807, 2.05) is 18.2 Å². The van der Waals surface area contributed by atoms with Crippen LogP contribution in [0.2, 0.25) is 5.02 Å². The molecule has 4 heterocycles. The van der Waals surface area contributed by atoms with E-state index in [4.69, 9.17) is 30.8 Å². The highest BCUT2D eigenvalue weighted by Crippen LogP contribution is 2.40. The summed E-state index contributed by atoms with van der Waals surface area (Å²) in [6.07, 6.45) is 3.34. The molecule has 224 valence electrons. The number of aromatic carboxylic acids is 1. The van der Waals surface area contributed by atoms with Gasteiger partial charge in [0.2, 0.25) is 5.88 Å². The van der Waals surface area contributed by atoms with E-state index in [9.17, 15) is 14.3 Å². The van der Waals surface area contributed by atoms with Gasteiger partial charge in [0.1, 0.15) is 18.5 Å². The Kier molecular flexibility index (Phi) is 7.67. The molecular formula is C32H32ClFN4O5. The minimum absolute atomic E-state index is 0.0638. The van der Waals surface area contributed by atoms with Gasteiger partial charge in [0, 0.05) is 42.6 Å². The van der Waals surface area contributed by atoms with Crippen LogP contribution in [-0.4, -0.2) is 62.4 Å². The fraction of sp³-hybridized carbons (Fsp3) is 0.406. The third-order valence-electron chi connectivity index (χ3n) is 8.75. The Bertz CT molecular complexity index is 1650. The van der Waals surface area contributed by atoms with Crippen molar-refractivity contribution in [2.24, 2.45) is 11.8 Å². The Hall–Kier alpha value is -3.73. The molecule has 3 fully saturated rings. The molecule has 0 spiro atoms. The fourth-order valence-electron chi connectivity index (χ4n) is 6.54. The molecule has 0 radical (unpaired) electrons. The Morgan fingerprint density at radius 3 is 2.60 bits per heavy atom. The molecule has 2 aromatic carbocycles. The third kappa shape index (κ3) is 5.91. The average molecular weight is 607 g/mol. The van der Waals surface area contributed by atoms with E-state index in [2.05, 4.69) is 14.5 Å². The summed E-state index contributed by atoms with van der Waals surface area (Å²) in [7, 11) is 0. The first-order chi connectivity index (χ1) is 20.9. The van der Waals surface area contributed by atoms with E-state index in [1.165, 1.54) is 12.1 Å². The van der Waals surface area contributed by atoms with Crippen molar-refractivity contribution < 1.29 is 28.5 Å². The zero-order valence-electron chi connectivity index (χ0n) is 23.5. The van der Waals surface area contributed by atoms with E-state index >= 15 is 0 Å². The van der Waals surface area contributed by atoms with E-state index in [0.717, 1.165) is 55.8 Å². The highest BCUT2D eigenvalue weighted by molar-refractivity contribution is 6.30. The number of rotatable bonds is 10. The van der Waals surface area contributed by atoms with Crippen molar-refractivity contribution in [3.63, 3.8) is 0 Å². The quantitative estimate of drug-likeness (QED) is 0.250. The second kappa shape index (κ2) is 11.7. The summed E-state index contributed by atoms with van der Waals surface area (Å²) in [5.41, 5.74) is 2.54. The number of carboxylic acid groups (broad SMARTS) is 1. The van der Waals surface area contributed by atoms with E-state index in [1.54, 1.807) is 24.3 Å². The minimum atomic E-state index is -0.947. The van der Waals surface area contributed by atoms with Crippen molar-refractivity contribution in [3.8, 4) is 11.6 Å². The monoisotopic (exact) mass is 606 g/mol. The van der Waals surface area contributed by atoms with E-state index in [0.29, 0.717) is 41.5 Å². The van der Waals surface area contributed by atoms with Gasteiger partial charge in [-0.1, -0.05) is 17.7 Å². The highest BCUT2D eigenvalue weighted by atomic mass is 35.5. The molecule has 0 amide bonds. The smallest absolute Gasteiger partial charge is 0.335 e. The molecule has 2 aliphatic heterocycles. The predicted octanol–water partition coefficient (Wildman–Crippen LogP) is 5.58. The maximum absolute atomic E-state index is 14.1. The number of carboxylic acids is 1. The van der Waals surface area contributed by atoms with E-state index in [-0.39, 0.29) is 30.1 Å². The van der Waals surface area contributed by atoms with Crippen LogP contribution in [0.1, 0.15) is 41.1 Å². The number of imidazole rings is 1. The van der Waals surface area contributed by atoms with Crippen LogP contribution in [0.5, 0.6) is 11.6 Å². The lowest BCUT2D eigenvalue weighted by Gasteiger charge is -2.37. The van der Waals surface area contributed by atoms with Crippen LogP contribution in [0.25, 0.3) is 11.0 Å². The summed E-state index contributed by atoms with van der Waals surface area (Å²) < 4.78 is 34.1. The van der Waals surface area contributed by atoms with Gasteiger partial charge >= 0.3 is 5.97 Å². The van der Waals surface area contributed by atoms with Crippen LogP contribution in [-0.2, 0) is 24.4 Å². The summed E-state index contributed by atoms with van der Waals surface area (Å²) in [6, 6.07) is 15.0. The van der Waals surface area contributed by atoms with Crippen molar-refractivity contribution in [3.05, 3.63) is 82.5 Å². The van der Waals surface area contributed by atoms with Crippen molar-refractivity contribution in [1.29, 1.82) is 0 Å². The number of aromatic nitrogens is 3. The predicted molar refractivity (Wildman–Crippen MR) is 157 cm³/mol. The molecule has 1 saturated carbocycles. The number of halogens is 2. The highest BCUT2D eigenvalue weighted by Gasteiger charge is 2.44. The lowest BCUT2D eigenvalue weighted by molar-refractivity contribution is -0.0593. The summed E-state index contributed by atoms with van der Waals surface area (Å²) in [4.78, 5) is 23.6. The van der Waals surface area contributed by atoms with Crippen LogP contribution in [0.15, 0.2) is 54.6 Å². The van der Waals surface area contributed by atoms with Gasteiger partial charge in [0.25, 0.3) is 0 Å². The largest absolute Gasteiger partial charge is 0.484 e. The van der Waals surface area contributed by atoms with Gasteiger partial charge in [-0.3, -0.25) is 4.90 Å². The zero-order valence-corrected chi connectivity index (χ0v) is 24.3. The number of ether oxygens (including phenoxy) is 3. The SMILES string of the molecule is O=C(O)c1ccc2nc(CN3CC4CCC(C3)C4Oc3cccc(COc4ccc(Cl)cc4F)n3)n(C[C@@H]3CCO3)c2c1. The van der Waals surface area contributed by atoms with Gasteiger partial charge < -0.3 is 23.9 Å². The molecular weight excluding hydrogens is 575 g/mol. The first kappa shape index (κ1) is 28.1. The molecule has 3 atom stereocenters. The molecule has 3 aliphatic rings. The van der Waals surface area contributed by atoms with Gasteiger partial charge in [0.15, 0.2) is 11.6 Å². The van der Waals surface area contributed by atoms with Crippen LogP contribution in [0, 0.1) is 17.7 Å². The van der Waals surface area contributed by atoms with Gasteiger partial charge in [-0.15, -0.1) is 0 Å². The van der Waals surface area contributed by atoms with Gasteiger partial charge in [-0.05, 0) is 61.7 Å². The standard InChI is InChI=1S/C32H32ClFN4O5/c33-22-7-9-28(25(34)13-22)42-18-23-2-1-3-30(35-23)43-31-20-4-5-21(31)15-37(14-20)17-29-36-26-8-6-19(32(39)40)12-27(26)38(29)16-24-10-11-41-24/h1-3,6-9,12-13,20-21,24,31H,4-5,10-11,14-18H2,(H,39,40)/t20?,21?,24-,31?/m0/s1. The molecule has 7 rings (SSSR count). The molecule has 2 aromatic heterocycles. The van der Waals surface area contributed by atoms with Gasteiger partial charge in [-0.2, -0.15) is 0 Å². The average Bonchev–Trinajstić information content (AvgIpc) is 3.40. The Morgan fingerprint density at radius 1 is 1.07 bits per heavy atom. The number of nitrogens with zero attached hydrogens (tertiary/aromatic N) is 4. The number of fused-ring (bicyclic) bond motifs is 3. The molecule has 9 nitrogen and oxygen atoms in total. The van der Waals surface area contributed by atoms with Crippen molar-refractivity contribution >= 4 is 28.6 Å². The fourth-order valence-corrected chi connectivity index (χ4v) is 6.70. The molecule has 11 heteroatoms. The minimum Gasteiger partial charge on any atom is -0.484 e. The number of benzene rings is 2. The number of hydrogen-bond acceptors (Lipinski definition) is 7. The second-order valence-electron chi connectivity index (χ2n) is 11.6. The number of carbonyl (C=O) groups is 1. The maximum atomic E-state index is 14.1. The molecule has 2 saturated heterocycles. The van der Waals surface area contributed by atoms with Gasteiger partial charge in [0.05, 0.1) is 41.5 Å². The Labute approximate surface area is 253 Å². The summed E-state index contributed by atoms with van der Waals surface area (Å²) >= 11 is 5.84. The van der Waals surface area contributed by atoms with Crippen molar-refractivity contribution in [2.75, 3.05) is 19.7 Å². The number of hydrogen-bond donors (Lipinski definition) is 1. The second-order valence-corrected chi connectivity index (χ2v) is 12.1. The van der Waals surface area contributed by atoms with E-state index < -0.39 is 11.8 Å². The first-order valence-electron chi connectivity index (χ1n) is 14.7. The van der Waals surface area contributed by atoms with Gasteiger partial charge in [-0.25, -0.2) is 19.2 Å². The Morgan fingerprint density at radius 2 is 1.88 bits per heavy atom. The van der Waals surface area contributed by atoms with Crippen molar-refractivity contribution in [1.82, 2.24) is 19.4 Å². The summed E-state index contributed by atoms with van der Waals surface area (Å²) in [5.74, 6) is 0.852. The molecule has 1 N–H and O–H groups in total. The molecule has 2 unspecified atom stereocenters. The van der Waals surface area contributed by atoms with Crippen molar-refractivity contribution in [2.45, 2.75) is 51.2 Å². The van der Waals surface area contributed by atoms with Crippen LogP contribution < -0.4 is 9.47 Å². The molecule has 1 aliphatic carbocycles. The lowest BCUT2D eigenvalue weighted by atomic mass is 9.95. The summed E-state index contributed by atoms with van der Waals surface area (Å²) in [6.45, 7) is 3.97. The van der Waals surface area contributed by atoms with Crippen LogP contribution >= 0.6 is 11.6 Å². The molecule has 2 bridgehead atoms. The number of likely N-dealkylation sites (tertiary alicyclic amines) is 1. The topological polar surface area (TPSA) is 98.9 Å². The number of piperidine rings is 1. The first-order valence-corrected chi connectivity index (χ1v) is 15.0. The molecule has 4 aromatic rings. The van der Waals surface area contributed by atoms with Crippen LogP contribution in [0.3, 0.4) is 0 Å². The molecule has 43 heavy (non-hydrogen) atoms. The normalized spacial score (nSPS) is 23.3. The third-order valence-corrected chi connectivity index (χ3v) is 8.98. The lowest BCUT2D eigenvalue weighted by Crippen LogP contribution is -2.47. The summed E-state index contributed by atoms with van der Waals surface area (Å²) in [5, 5.41) is 9.86.